The van der Waals surface area contributed by atoms with Crippen molar-refractivity contribution in [2.45, 2.75) is 38.0 Å². The minimum Gasteiger partial charge on any atom is -0.340 e. The Morgan fingerprint density at radius 2 is 1.54 bits per heavy atom. The van der Waals surface area contributed by atoms with Gasteiger partial charge in [0, 0.05) is 5.69 Å². The highest BCUT2D eigenvalue weighted by atomic mass is 32.2. The topological polar surface area (TPSA) is 71.1 Å². The average molecular weight is 396 g/mol. The summed E-state index contributed by atoms with van der Waals surface area (Å²) in [6.07, 6.45) is 2.37. The summed E-state index contributed by atoms with van der Waals surface area (Å²) >= 11 is 0. The van der Waals surface area contributed by atoms with Crippen LogP contribution in [0.5, 0.6) is 0 Å². The SMILES string of the molecule is CCc1ccc(S(=O)(=O)Nc2ccc(Nc3ccc(C(C)C)cc3)nc2)cc1. The van der Waals surface area contributed by atoms with Crippen LogP contribution >= 0.6 is 0 Å². The standard InChI is InChI=1S/C22H25N3O2S/c1-4-17-5-12-21(13-6-17)28(26,27)25-20-11-14-22(23-15-20)24-19-9-7-18(8-10-19)16(2)3/h5-16,25H,4H2,1-3H3,(H,23,24). The summed E-state index contributed by atoms with van der Waals surface area (Å²) in [5.74, 6) is 1.13. The van der Waals surface area contributed by atoms with Crippen LogP contribution in [0.1, 0.15) is 37.8 Å². The van der Waals surface area contributed by atoms with Crippen molar-refractivity contribution >= 4 is 27.2 Å². The Kier molecular flexibility index (Phi) is 5.99. The fourth-order valence-electron chi connectivity index (χ4n) is 2.75. The van der Waals surface area contributed by atoms with Crippen LogP contribution in [0.25, 0.3) is 0 Å². The molecule has 3 rings (SSSR count). The summed E-state index contributed by atoms with van der Waals surface area (Å²) < 4.78 is 27.6. The highest BCUT2D eigenvalue weighted by molar-refractivity contribution is 7.92. The van der Waals surface area contributed by atoms with Crippen LogP contribution in [0.2, 0.25) is 0 Å². The first-order valence-corrected chi connectivity index (χ1v) is 10.8. The molecule has 0 saturated carbocycles. The predicted molar refractivity (Wildman–Crippen MR) is 115 cm³/mol. The number of aryl methyl sites for hydroxylation is 1. The summed E-state index contributed by atoms with van der Waals surface area (Å²) in [5, 5.41) is 3.22. The third-order valence-electron chi connectivity index (χ3n) is 4.51. The fraction of sp³-hybridized carbons (Fsp3) is 0.227. The highest BCUT2D eigenvalue weighted by Gasteiger charge is 2.14. The monoisotopic (exact) mass is 395 g/mol. The Hall–Kier alpha value is -2.86. The van der Waals surface area contributed by atoms with Gasteiger partial charge in [-0.3, -0.25) is 4.72 Å². The first-order valence-electron chi connectivity index (χ1n) is 9.32. The lowest BCUT2D eigenvalue weighted by Crippen LogP contribution is -2.13. The van der Waals surface area contributed by atoms with Gasteiger partial charge in [-0.1, -0.05) is 45.0 Å². The number of hydrogen-bond donors (Lipinski definition) is 2. The lowest BCUT2D eigenvalue weighted by atomic mass is 10.0. The molecular weight excluding hydrogens is 370 g/mol. The van der Waals surface area contributed by atoms with E-state index in [1.54, 1.807) is 24.3 Å². The van der Waals surface area contributed by atoms with Gasteiger partial charge in [0.1, 0.15) is 5.82 Å². The van der Waals surface area contributed by atoms with E-state index in [1.165, 1.54) is 11.8 Å². The lowest BCUT2D eigenvalue weighted by molar-refractivity contribution is 0.601. The van der Waals surface area contributed by atoms with Gasteiger partial charge in [-0.15, -0.1) is 0 Å². The van der Waals surface area contributed by atoms with Crippen LogP contribution in [-0.2, 0) is 16.4 Å². The molecule has 3 aromatic rings. The van der Waals surface area contributed by atoms with Gasteiger partial charge in [-0.05, 0) is 59.9 Å². The molecule has 0 atom stereocenters. The number of aromatic nitrogens is 1. The molecule has 0 amide bonds. The number of nitrogens with zero attached hydrogens (tertiary/aromatic N) is 1. The van der Waals surface area contributed by atoms with Crippen LogP contribution in [0.4, 0.5) is 17.2 Å². The minimum absolute atomic E-state index is 0.233. The molecule has 1 heterocycles. The van der Waals surface area contributed by atoms with E-state index in [9.17, 15) is 8.42 Å². The number of sulfonamides is 1. The number of rotatable bonds is 7. The number of anilines is 3. The Morgan fingerprint density at radius 3 is 2.07 bits per heavy atom. The van der Waals surface area contributed by atoms with E-state index in [-0.39, 0.29) is 4.90 Å². The normalized spacial score (nSPS) is 11.4. The molecule has 0 aliphatic rings. The average Bonchev–Trinajstić information content (AvgIpc) is 2.70. The number of pyridine rings is 1. The van der Waals surface area contributed by atoms with Crippen LogP contribution in [-0.4, -0.2) is 13.4 Å². The Bertz CT molecular complexity index is 1010. The van der Waals surface area contributed by atoms with Crippen molar-refractivity contribution in [3.05, 3.63) is 78.0 Å². The third-order valence-corrected chi connectivity index (χ3v) is 5.90. The molecule has 0 spiro atoms. The molecule has 0 aliphatic carbocycles. The first kappa shape index (κ1) is 19.9. The molecule has 0 fully saturated rings. The van der Waals surface area contributed by atoms with Gasteiger partial charge in [0.15, 0.2) is 0 Å². The van der Waals surface area contributed by atoms with Crippen LogP contribution in [0.15, 0.2) is 71.8 Å². The summed E-state index contributed by atoms with van der Waals surface area (Å²) in [6, 6.07) is 18.5. The maximum absolute atomic E-state index is 12.5. The number of nitrogens with one attached hydrogen (secondary N) is 2. The molecule has 0 bridgehead atoms. The van der Waals surface area contributed by atoms with Gasteiger partial charge in [-0.2, -0.15) is 0 Å². The highest BCUT2D eigenvalue weighted by Crippen LogP contribution is 2.21. The molecule has 0 radical (unpaired) electrons. The van der Waals surface area contributed by atoms with E-state index >= 15 is 0 Å². The van der Waals surface area contributed by atoms with E-state index in [2.05, 4.69) is 41.0 Å². The maximum atomic E-state index is 12.5. The van der Waals surface area contributed by atoms with Crippen LogP contribution < -0.4 is 10.0 Å². The van der Waals surface area contributed by atoms with E-state index < -0.39 is 10.0 Å². The largest absolute Gasteiger partial charge is 0.340 e. The van der Waals surface area contributed by atoms with E-state index in [1.807, 2.05) is 31.2 Å². The zero-order valence-corrected chi connectivity index (χ0v) is 17.1. The predicted octanol–water partition coefficient (Wildman–Crippen LogP) is 5.31. The second-order valence-corrected chi connectivity index (χ2v) is 8.62. The molecule has 6 heteroatoms. The molecule has 1 aromatic heterocycles. The molecule has 2 N–H and O–H groups in total. The first-order chi connectivity index (χ1) is 13.4. The van der Waals surface area contributed by atoms with Gasteiger partial charge in [0.25, 0.3) is 10.0 Å². The van der Waals surface area contributed by atoms with Crippen molar-refractivity contribution < 1.29 is 8.42 Å². The van der Waals surface area contributed by atoms with Gasteiger partial charge in [0.05, 0.1) is 16.8 Å². The summed E-state index contributed by atoms with van der Waals surface area (Å²) in [5.41, 5.74) is 3.72. The smallest absolute Gasteiger partial charge is 0.261 e. The van der Waals surface area contributed by atoms with Gasteiger partial charge >= 0.3 is 0 Å². The number of benzene rings is 2. The summed E-state index contributed by atoms with van der Waals surface area (Å²) in [7, 11) is -3.63. The second-order valence-electron chi connectivity index (χ2n) is 6.94. The van der Waals surface area contributed by atoms with Gasteiger partial charge < -0.3 is 5.32 Å². The van der Waals surface area contributed by atoms with E-state index in [0.717, 1.165) is 17.7 Å². The second kappa shape index (κ2) is 8.44. The quantitative estimate of drug-likeness (QED) is 0.568. The van der Waals surface area contributed by atoms with Crippen molar-refractivity contribution in [2.75, 3.05) is 10.0 Å². The lowest BCUT2D eigenvalue weighted by Gasteiger charge is -2.11. The summed E-state index contributed by atoms with van der Waals surface area (Å²) in [6.45, 7) is 6.34. The molecule has 0 saturated heterocycles. The molecule has 0 unspecified atom stereocenters. The maximum Gasteiger partial charge on any atom is 0.261 e. The van der Waals surface area contributed by atoms with Crippen LogP contribution in [0, 0.1) is 0 Å². The van der Waals surface area contributed by atoms with Crippen molar-refractivity contribution in [1.82, 2.24) is 4.98 Å². The fourth-order valence-corrected chi connectivity index (χ4v) is 3.79. The van der Waals surface area contributed by atoms with Gasteiger partial charge in [0.2, 0.25) is 0 Å². The molecule has 0 aliphatic heterocycles. The van der Waals surface area contributed by atoms with E-state index in [0.29, 0.717) is 17.4 Å². The molecular formula is C22H25N3O2S. The van der Waals surface area contributed by atoms with Crippen molar-refractivity contribution in [1.29, 1.82) is 0 Å². The zero-order chi connectivity index (χ0) is 20.1. The van der Waals surface area contributed by atoms with Crippen molar-refractivity contribution in [2.24, 2.45) is 0 Å². The van der Waals surface area contributed by atoms with Crippen molar-refractivity contribution in [3.8, 4) is 0 Å². The third kappa shape index (κ3) is 4.89. The Morgan fingerprint density at radius 1 is 0.893 bits per heavy atom. The zero-order valence-electron chi connectivity index (χ0n) is 16.3. The van der Waals surface area contributed by atoms with Gasteiger partial charge in [-0.25, -0.2) is 13.4 Å². The molecule has 2 aromatic carbocycles. The molecule has 146 valence electrons. The molecule has 28 heavy (non-hydrogen) atoms. The Balaban J connectivity index is 1.68. The summed E-state index contributed by atoms with van der Waals surface area (Å²) in [4.78, 5) is 4.53. The van der Waals surface area contributed by atoms with E-state index in [4.69, 9.17) is 0 Å². The number of hydrogen-bond acceptors (Lipinski definition) is 4. The minimum atomic E-state index is -3.63. The Labute approximate surface area is 166 Å². The van der Waals surface area contributed by atoms with Crippen molar-refractivity contribution in [3.63, 3.8) is 0 Å². The van der Waals surface area contributed by atoms with Crippen LogP contribution in [0.3, 0.4) is 0 Å². The molecule has 5 nitrogen and oxygen atoms in total.